The Morgan fingerprint density at radius 3 is 2.67 bits per heavy atom. The SMILES string of the molecule is O=C1/C=C(/c2ccccc2)[Se]CCCC1. The van der Waals surface area contributed by atoms with E-state index >= 15 is 0 Å². The first-order chi connectivity index (χ1) is 7.36. The zero-order valence-electron chi connectivity index (χ0n) is 8.61. The summed E-state index contributed by atoms with van der Waals surface area (Å²) in [7, 11) is 0. The Balaban J connectivity index is 2.25. The van der Waals surface area contributed by atoms with Crippen LogP contribution in [0.2, 0.25) is 5.32 Å². The van der Waals surface area contributed by atoms with Gasteiger partial charge in [0.05, 0.1) is 0 Å². The van der Waals surface area contributed by atoms with Gasteiger partial charge in [0.2, 0.25) is 0 Å². The molecule has 0 aliphatic carbocycles. The van der Waals surface area contributed by atoms with Crippen molar-refractivity contribution in [1.82, 2.24) is 0 Å². The van der Waals surface area contributed by atoms with E-state index in [9.17, 15) is 4.79 Å². The number of allylic oxidation sites excluding steroid dienone is 1. The van der Waals surface area contributed by atoms with E-state index in [-0.39, 0.29) is 0 Å². The summed E-state index contributed by atoms with van der Waals surface area (Å²) >= 11 is 0.470. The van der Waals surface area contributed by atoms with Crippen LogP contribution in [0.1, 0.15) is 24.8 Å². The summed E-state index contributed by atoms with van der Waals surface area (Å²) in [4.78, 5) is 11.6. The van der Waals surface area contributed by atoms with Crippen LogP contribution in [0.4, 0.5) is 0 Å². The summed E-state index contributed by atoms with van der Waals surface area (Å²) < 4.78 is 1.27. The van der Waals surface area contributed by atoms with Crippen molar-refractivity contribution in [3.05, 3.63) is 42.0 Å². The van der Waals surface area contributed by atoms with E-state index in [4.69, 9.17) is 0 Å². The molecule has 0 N–H and O–H groups in total. The van der Waals surface area contributed by atoms with E-state index in [1.165, 1.54) is 21.8 Å². The maximum atomic E-state index is 11.6. The maximum absolute atomic E-state index is 11.6. The van der Waals surface area contributed by atoms with Gasteiger partial charge in [-0.2, -0.15) is 0 Å². The summed E-state index contributed by atoms with van der Waals surface area (Å²) in [6.07, 6.45) is 4.87. The van der Waals surface area contributed by atoms with Gasteiger partial charge >= 0.3 is 96.6 Å². The zero-order chi connectivity index (χ0) is 10.5. The molecule has 78 valence electrons. The topological polar surface area (TPSA) is 17.1 Å². The molecule has 0 atom stereocenters. The molecule has 0 spiro atoms. The molecule has 0 fully saturated rings. The molecule has 0 saturated heterocycles. The number of carbonyl (C=O) groups excluding carboxylic acids is 1. The van der Waals surface area contributed by atoms with Crippen molar-refractivity contribution in [2.24, 2.45) is 0 Å². The van der Waals surface area contributed by atoms with Gasteiger partial charge in [0.25, 0.3) is 0 Å². The van der Waals surface area contributed by atoms with Crippen molar-refractivity contribution in [2.75, 3.05) is 0 Å². The quantitative estimate of drug-likeness (QED) is 0.713. The molecule has 1 aliphatic rings. The molecule has 0 unspecified atom stereocenters. The molecule has 2 rings (SSSR count). The Labute approximate surface area is 96.7 Å². The van der Waals surface area contributed by atoms with Crippen LogP contribution in [0.3, 0.4) is 0 Å². The van der Waals surface area contributed by atoms with Crippen molar-refractivity contribution in [3.8, 4) is 0 Å². The fraction of sp³-hybridized carbons (Fsp3) is 0.308. The molecule has 1 aromatic carbocycles. The second-order valence-electron chi connectivity index (χ2n) is 3.65. The number of hydrogen-bond donors (Lipinski definition) is 0. The first-order valence-electron chi connectivity index (χ1n) is 5.29. The molecule has 1 heterocycles. The van der Waals surface area contributed by atoms with Gasteiger partial charge in [-0.15, -0.1) is 0 Å². The molecule has 15 heavy (non-hydrogen) atoms. The molecule has 0 aromatic heterocycles. The van der Waals surface area contributed by atoms with Gasteiger partial charge in [-0.25, -0.2) is 0 Å². The van der Waals surface area contributed by atoms with Gasteiger partial charge in [-0.3, -0.25) is 0 Å². The zero-order valence-corrected chi connectivity index (χ0v) is 10.3. The molecule has 0 saturated carbocycles. The Bertz CT molecular complexity index is 367. The number of rotatable bonds is 1. The van der Waals surface area contributed by atoms with Gasteiger partial charge in [0.1, 0.15) is 0 Å². The van der Waals surface area contributed by atoms with Crippen LogP contribution >= 0.6 is 0 Å². The molecule has 0 bridgehead atoms. The summed E-state index contributed by atoms with van der Waals surface area (Å²) in [6.45, 7) is 0. The summed E-state index contributed by atoms with van der Waals surface area (Å²) in [6, 6.07) is 10.3. The van der Waals surface area contributed by atoms with Crippen LogP contribution in [0.25, 0.3) is 4.47 Å². The first-order valence-corrected chi connectivity index (χ1v) is 7.36. The van der Waals surface area contributed by atoms with E-state index in [0.717, 1.165) is 12.8 Å². The second-order valence-corrected chi connectivity index (χ2v) is 6.03. The normalized spacial score (nSPS) is 21.3. The van der Waals surface area contributed by atoms with Crippen LogP contribution in [0, 0.1) is 0 Å². The fourth-order valence-corrected chi connectivity index (χ4v) is 3.89. The molecule has 2 heteroatoms. The fourth-order valence-electron chi connectivity index (χ4n) is 1.61. The van der Waals surface area contributed by atoms with Gasteiger partial charge < -0.3 is 0 Å². The third kappa shape index (κ3) is 3.05. The van der Waals surface area contributed by atoms with E-state index < -0.39 is 0 Å². The second kappa shape index (κ2) is 5.29. The summed E-state index contributed by atoms with van der Waals surface area (Å²) in [5.41, 5.74) is 1.23. The van der Waals surface area contributed by atoms with Gasteiger partial charge in [0, 0.05) is 0 Å². The predicted molar refractivity (Wildman–Crippen MR) is 63.8 cm³/mol. The van der Waals surface area contributed by atoms with Crippen LogP contribution in [0.5, 0.6) is 0 Å². The minimum absolute atomic E-state index is 0.301. The van der Waals surface area contributed by atoms with Crippen molar-refractivity contribution in [3.63, 3.8) is 0 Å². The average Bonchev–Trinajstić information content (AvgIpc) is 2.24. The molecule has 1 nitrogen and oxygen atoms in total. The monoisotopic (exact) mass is 266 g/mol. The molecular weight excluding hydrogens is 251 g/mol. The van der Waals surface area contributed by atoms with Crippen LogP contribution < -0.4 is 0 Å². The third-order valence-corrected chi connectivity index (χ3v) is 4.85. The Hall–Kier alpha value is -0.851. The Kier molecular flexibility index (Phi) is 3.76. The van der Waals surface area contributed by atoms with Crippen molar-refractivity contribution >= 4 is 25.2 Å². The van der Waals surface area contributed by atoms with Gasteiger partial charge in [0.15, 0.2) is 0 Å². The average molecular weight is 265 g/mol. The predicted octanol–water partition coefficient (Wildman–Crippen LogP) is 2.90. The standard InChI is InChI=1S/C13H14OSe/c14-12-8-4-5-9-15-13(10-12)11-6-2-1-3-7-11/h1-3,6-7,10H,4-5,8-9H2/b13-10-. The Morgan fingerprint density at radius 2 is 1.87 bits per heavy atom. The van der Waals surface area contributed by atoms with E-state index in [2.05, 4.69) is 12.1 Å². The minimum atomic E-state index is 0.301. The van der Waals surface area contributed by atoms with Crippen molar-refractivity contribution in [2.45, 2.75) is 24.6 Å². The molecule has 1 aromatic rings. The molecule has 1 aliphatic heterocycles. The number of carbonyl (C=O) groups is 1. The van der Waals surface area contributed by atoms with Crippen LogP contribution in [-0.2, 0) is 4.79 Å². The summed E-state index contributed by atoms with van der Waals surface area (Å²) in [5.74, 6) is 0.301. The number of benzene rings is 1. The van der Waals surface area contributed by atoms with Gasteiger partial charge in [-0.05, 0) is 0 Å². The first kappa shape index (κ1) is 10.7. The Morgan fingerprint density at radius 1 is 1.07 bits per heavy atom. The van der Waals surface area contributed by atoms with Crippen LogP contribution in [0.15, 0.2) is 36.4 Å². The number of hydrogen-bond acceptors (Lipinski definition) is 1. The van der Waals surface area contributed by atoms with Crippen molar-refractivity contribution < 1.29 is 4.79 Å². The van der Waals surface area contributed by atoms with Gasteiger partial charge in [-0.1, -0.05) is 0 Å². The molecule has 0 radical (unpaired) electrons. The van der Waals surface area contributed by atoms with E-state index in [1.807, 2.05) is 24.3 Å². The molecule has 0 amide bonds. The number of ketones is 1. The molecular formula is C13H14OSe. The van der Waals surface area contributed by atoms with Crippen LogP contribution in [-0.4, -0.2) is 20.7 Å². The third-order valence-electron chi connectivity index (χ3n) is 2.43. The van der Waals surface area contributed by atoms with E-state index in [1.54, 1.807) is 0 Å². The van der Waals surface area contributed by atoms with Crippen molar-refractivity contribution in [1.29, 1.82) is 0 Å². The summed E-state index contributed by atoms with van der Waals surface area (Å²) in [5, 5.41) is 1.26. The van der Waals surface area contributed by atoms with E-state index in [0.29, 0.717) is 20.7 Å².